The SMILES string of the molecule is CC(NC(=O)C1CCCC1)C(=O)N(C)c1ccc(OCC(=O)O)cc1. The number of carboxylic acids is 1. The topological polar surface area (TPSA) is 95.9 Å². The van der Waals surface area contributed by atoms with Gasteiger partial charge in [0.05, 0.1) is 0 Å². The molecule has 0 heterocycles. The van der Waals surface area contributed by atoms with Gasteiger partial charge >= 0.3 is 5.97 Å². The van der Waals surface area contributed by atoms with Gasteiger partial charge in [-0.2, -0.15) is 0 Å². The molecule has 0 aromatic heterocycles. The number of aliphatic carboxylic acids is 1. The van der Waals surface area contributed by atoms with E-state index in [0.717, 1.165) is 25.7 Å². The van der Waals surface area contributed by atoms with Crippen LogP contribution >= 0.6 is 0 Å². The average Bonchev–Trinajstić information content (AvgIpc) is 3.13. The number of amides is 2. The first kappa shape index (κ1) is 18.8. The highest BCUT2D eigenvalue weighted by atomic mass is 16.5. The lowest BCUT2D eigenvalue weighted by atomic mass is 10.1. The Hall–Kier alpha value is -2.57. The van der Waals surface area contributed by atoms with Gasteiger partial charge in [0.1, 0.15) is 11.8 Å². The van der Waals surface area contributed by atoms with Gasteiger partial charge in [0.15, 0.2) is 6.61 Å². The molecule has 1 fully saturated rings. The number of hydrogen-bond acceptors (Lipinski definition) is 4. The van der Waals surface area contributed by atoms with Gasteiger partial charge in [0.2, 0.25) is 11.8 Å². The summed E-state index contributed by atoms with van der Waals surface area (Å²) in [7, 11) is 1.63. The minimum atomic E-state index is -1.05. The molecule has 1 aliphatic carbocycles. The maximum Gasteiger partial charge on any atom is 0.341 e. The highest BCUT2D eigenvalue weighted by Gasteiger charge is 2.27. The van der Waals surface area contributed by atoms with Gasteiger partial charge < -0.3 is 20.1 Å². The predicted octanol–water partition coefficient (Wildman–Crippen LogP) is 1.81. The molecule has 7 nitrogen and oxygen atoms in total. The van der Waals surface area contributed by atoms with Gasteiger partial charge in [0.25, 0.3) is 0 Å². The number of nitrogens with zero attached hydrogens (tertiary/aromatic N) is 1. The highest BCUT2D eigenvalue weighted by molar-refractivity contribution is 5.98. The number of ether oxygens (including phenoxy) is 1. The molecule has 1 unspecified atom stereocenters. The predicted molar refractivity (Wildman–Crippen MR) is 92.5 cm³/mol. The molecule has 0 saturated heterocycles. The fourth-order valence-corrected chi connectivity index (χ4v) is 2.91. The van der Waals surface area contributed by atoms with Gasteiger partial charge in [-0.05, 0) is 44.0 Å². The van der Waals surface area contributed by atoms with Crippen LogP contribution in [0.1, 0.15) is 32.6 Å². The van der Waals surface area contributed by atoms with Crippen molar-refractivity contribution >= 4 is 23.5 Å². The summed E-state index contributed by atoms with van der Waals surface area (Å²) >= 11 is 0. The average molecular weight is 348 g/mol. The number of rotatable bonds is 7. The number of carbonyl (C=O) groups excluding carboxylic acids is 2. The third-order valence-electron chi connectivity index (χ3n) is 4.37. The Kier molecular flexibility index (Phi) is 6.38. The molecule has 1 atom stereocenters. The zero-order valence-electron chi connectivity index (χ0n) is 14.5. The van der Waals surface area contributed by atoms with Crippen molar-refractivity contribution in [3.8, 4) is 5.75 Å². The summed E-state index contributed by atoms with van der Waals surface area (Å²) in [4.78, 5) is 36.6. The van der Waals surface area contributed by atoms with E-state index in [-0.39, 0.29) is 17.7 Å². The maximum absolute atomic E-state index is 12.5. The minimum Gasteiger partial charge on any atom is -0.482 e. The Morgan fingerprint density at radius 1 is 1.24 bits per heavy atom. The third-order valence-corrected chi connectivity index (χ3v) is 4.37. The first-order chi connectivity index (χ1) is 11.9. The lowest BCUT2D eigenvalue weighted by molar-refractivity contribution is -0.139. The van der Waals surface area contributed by atoms with Crippen molar-refractivity contribution < 1.29 is 24.2 Å². The van der Waals surface area contributed by atoms with Crippen LogP contribution in [0.2, 0.25) is 0 Å². The van der Waals surface area contributed by atoms with Gasteiger partial charge in [0, 0.05) is 18.7 Å². The van der Waals surface area contributed by atoms with E-state index in [0.29, 0.717) is 11.4 Å². The molecule has 1 aliphatic rings. The van der Waals surface area contributed by atoms with Crippen LogP contribution in [0.25, 0.3) is 0 Å². The monoisotopic (exact) mass is 348 g/mol. The Balaban J connectivity index is 1.91. The first-order valence-corrected chi connectivity index (χ1v) is 8.41. The molecule has 1 aromatic carbocycles. The summed E-state index contributed by atoms with van der Waals surface area (Å²) in [6, 6.07) is 5.93. The standard InChI is InChI=1S/C18H24N2O5/c1-12(19-17(23)13-5-3-4-6-13)18(24)20(2)14-7-9-15(10-8-14)25-11-16(21)22/h7-10,12-13H,3-6,11H2,1-2H3,(H,19,23)(H,21,22). The van der Waals surface area contributed by atoms with Crippen LogP contribution in [0, 0.1) is 5.92 Å². The lowest BCUT2D eigenvalue weighted by Gasteiger charge is -2.23. The van der Waals surface area contributed by atoms with Gasteiger partial charge in [-0.15, -0.1) is 0 Å². The summed E-state index contributed by atoms with van der Waals surface area (Å²) in [5.41, 5.74) is 0.634. The number of benzene rings is 1. The highest BCUT2D eigenvalue weighted by Crippen LogP contribution is 2.25. The van der Waals surface area contributed by atoms with Crippen LogP contribution in [0.15, 0.2) is 24.3 Å². The molecule has 0 aliphatic heterocycles. The molecule has 1 saturated carbocycles. The molecule has 7 heteroatoms. The molecule has 1 aromatic rings. The first-order valence-electron chi connectivity index (χ1n) is 8.41. The number of carbonyl (C=O) groups is 3. The van der Waals surface area contributed by atoms with E-state index in [1.165, 1.54) is 4.90 Å². The molecule has 0 bridgehead atoms. The number of anilines is 1. The minimum absolute atomic E-state index is 0.0197. The fourth-order valence-electron chi connectivity index (χ4n) is 2.91. The lowest BCUT2D eigenvalue weighted by Crippen LogP contribution is -2.47. The number of hydrogen-bond donors (Lipinski definition) is 2. The summed E-state index contributed by atoms with van der Waals surface area (Å²) in [6.45, 7) is 1.26. The van der Waals surface area contributed by atoms with E-state index in [9.17, 15) is 14.4 Å². The van der Waals surface area contributed by atoms with Crippen LogP contribution in [-0.4, -0.2) is 42.6 Å². The van der Waals surface area contributed by atoms with Crippen molar-refractivity contribution in [3.63, 3.8) is 0 Å². The summed E-state index contributed by atoms with van der Waals surface area (Å²) in [6.07, 6.45) is 3.91. The van der Waals surface area contributed by atoms with Crippen molar-refractivity contribution in [2.24, 2.45) is 5.92 Å². The van der Waals surface area contributed by atoms with E-state index in [1.807, 2.05) is 0 Å². The second-order valence-electron chi connectivity index (χ2n) is 6.29. The molecule has 2 rings (SSSR count). The van der Waals surface area contributed by atoms with Crippen LogP contribution in [0.4, 0.5) is 5.69 Å². The molecule has 136 valence electrons. The second kappa shape index (κ2) is 8.50. The molecule has 2 N–H and O–H groups in total. The Morgan fingerprint density at radius 3 is 2.40 bits per heavy atom. The maximum atomic E-state index is 12.5. The zero-order valence-corrected chi connectivity index (χ0v) is 14.5. The molecular formula is C18H24N2O5. The van der Waals surface area contributed by atoms with E-state index >= 15 is 0 Å². The number of likely N-dealkylation sites (N-methyl/N-ethyl adjacent to an activating group) is 1. The van der Waals surface area contributed by atoms with E-state index in [4.69, 9.17) is 9.84 Å². The quantitative estimate of drug-likeness (QED) is 0.783. The fraction of sp³-hybridized carbons (Fsp3) is 0.500. The zero-order chi connectivity index (χ0) is 18.4. The van der Waals surface area contributed by atoms with E-state index < -0.39 is 18.6 Å². The molecule has 0 spiro atoms. The van der Waals surface area contributed by atoms with Crippen LogP contribution in [0.3, 0.4) is 0 Å². The number of carboxylic acid groups (broad SMARTS) is 1. The Labute approximate surface area is 147 Å². The molecule has 0 radical (unpaired) electrons. The molecule has 2 amide bonds. The second-order valence-corrected chi connectivity index (χ2v) is 6.29. The number of nitrogens with one attached hydrogen (secondary N) is 1. The van der Waals surface area contributed by atoms with Crippen molar-refractivity contribution in [2.45, 2.75) is 38.6 Å². The molecule has 25 heavy (non-hydrogen) atoms. The molecular weight excluding hydrogens is 324 g/mol. The summed E-state index contributed by atoms with van der Waals surface area (Å²) in [5.74, 6) is -0.890. The van der Waals surface area contributed by atoms with Crippen molar-refractivity contribution in [1.82, 2.24) is 5.32 Å². The van der Waals surface area contributed by atoms with Crippen LogP contribution < -0.4 is 15.0 Å². The van der Waals surface area contributed by atoms with Crippen molar-refractivity contribution in [2.75, 3.05) is 18.6 Å². The Bertz CT molecular complexity index is 623. The smallest absolute Gasteiger partial charge is 0.341 e. The van der Waals surface area contributed by atoms with E-state index in [2.05, 4.69) is 5.32 Å². The van der Waals surface area contributed by atoms with Crippen molar-refractivity contribution in [1.29, 1.82) is 0 Å². The van der Waals surface area contributed by atoms with Crippen LogP contribution in [-0.2, 0) is 14.4 Å². The summed E-state index contributed by atoms with van der Waals surface area (Å²) in [5, 5.41) is 11.4. The van der Waals surface area contributed by atoms with Crippen LogP contribution in [0.5, 0.6) is 5.75 Å². The van der Waals surface area contributed by atoms with Crippen molar-refractivity contribution in [3.05, 3.63) is 24.3 Å². The van der Waals surface area contributed by atoms with E-state index in [1.54, 1.807) is 38.2 Å². The largest absolute Gasteiger partial charge is 0.482 e. The third kappa shape index (κ3) is 5.20. The van der Waals surface area contributed by atoms with Gasteiger partial charge in [-0.3, -0.25) is 9.59 Å². The van der Waals surface area contributed by atoms with Gasteiger partial charge in [-0.25, -0.2) is 4.79 Å². The summed E-state index contributed by atoms with van der Waals surface area (Å²) < 4.78 is 5.06. The Morgan fingerprint density at radius 2 is 1.84 bits per heavy atom. The van der Waals surface area contributed by atoms with Gasteiger partial charge in [-0.1, -0.05) is 12.8 Å². The normalized spacial score (nSPS) is 15.4.